The summed E-state index contributed by atoms with van der Waals surface area (Å²) in [5.74, 6) is -0.513. The van der Waals surface area contributed by atoms with Crippen LogP contribution in [-0.4, -0.2) is 12.6 Å². The number of carbonyl (C=O) groups is 1. The lowest BCUT2D eigenvalue weighted by molar-refractivity contribution is 0.257. The molecule has 3 nitrogen and oxygen atoms in total. The molecule has 2 aromatic rings. The highest BCUT2D eigenvalue weighted by Gasteiger charge is 2.14. The monoisotopic (exact) mass is 306 g/mol. The first-order valence-electron chi connectivity index (χ1n) is 6.61. The molecule has 110 valence electrons. The van der Waals surface area contributed by atoms with Gasteiger partial charge in [0.25, 0.3) is 0 Å². The molecule has 0 spiro atoms. The number of rotatable bonds is 3. The molecule has 2 amide bonds. The number of amides is 2. The molecule has 1 N–H and O–H groups in total. The Morgan fingerprint density at radius 3 is 2.67 bits per heavy atom. The van der Waals surface area contributed by atoms with Gasteiger partial charge in [0, 0.05) is 17.9 Å². The molecule has 0 unspecified atom stereocenters. The highest BCUT2D eigenvalue weighted by atomic mass is 35.5. The van der Waals surface area contributed by atoms with Gasteiger partial charge in [-0.15, -0.1) is 0 Å². The van der Waals surface area contributed by atoms with Crippen molar-refractivity contribution in [3.05, 3.63) is 58.9 Å². The van der Waals surface area contributed by atoms with Crippen molar-refractivity contribution in [3.8, 4) is 0 Å². The second-order valence-corrected chi connectivity index (χ2v) is 5.05. The maximum Gasteiger partial charge on any atom is 0.326 e. The zero-order chi connectivity index (χ0) is 15.4. The number of hydrogen-bond acceptors (Lipinski definition) is 1. The van der Waals surface area contributed by atoms with Crippen LogP contribution in [-0.2, 0) is 0 Å². The molecule has 0 radical (unpaired) electrons. The number of nitrogens with one attached hydrogen (secondary N) is 1. The average molecular weight is 307 g/mol. The lowest BCUT2D eigenvalue weighted by Crippen LogP contribution is -2.34. The van der Waals surface area contributed by atoms with E-state index in [0.29, 0.717) is 12.2 Å². The van der Waals surface area contributed by atoms with Gasteiger partial charge in [-0.1, -0.05) is 23.7 Å². The van der Waals surface area contributed by atoms with E-state index in [1.165, 1.54) is 18.2 Å². The number of carbonyl (C=O) groups excluding carboxylic acids is 1. The molecule has 0 bridgehead atoms. The topological polar surface area (TPSA) is 32.3 Å². The van der Waals surface area contributed by atoms with Gasteiger partial charge in [-0.3, -0.25) is 4.90 Å². The van der Waals surface area contributed by atoms with Crippen LogP contribution in [0.5, 0.6) is 0 Å². The zero-order valence-electron chi connectivity index (χ0n) is 11.9. The van der Waals surface area contributed by atoms with Crippen molar-refractivity contribution in [1.29, 1.82) is 0 Å². The highest BCUT2D eigenvalue weighted by Crippen LogP contribution is 2.21. The molecule has 0 saturated heterocycles. The lowest BCUT2D eigenvalue weighted by atomic mass is 10.2. The van der Waals surface area contributed by atoms with E-state index in [4.69, 9.17) is 11.6 Å². The highest BCUT2D eigenvalue weighted by molar-refractivity contribution is 6.31. The second kappa shape index (κ2) is 6.59. The normalized spacial score (nSPS) is 10.3. The van der Waals surface area contributed by atoms with Gasteiger partial charge in [-0.25, -0.2) is 9.18 Å². The van der Waals surface area contributed by atoms with Gasteiger partial charge in [0.1, 0.15) is 5.82 Å². The van der Waals surface area contributed by atoms with Crippen LogP contribution in [0, 0.1) is 12.7 Å². The lowest BCUT2D eigenvalue weighted by Gasteiger charge is -2.22. The Balaban J connectivity index is 2.18. The number of halogens is 2. The third-order valence-electron chi connectivity index (χ3n) is 3.05. The summed E-state index contributed by atoms with van der Waals surface area (Å²) in [6.07, 6.45) is 0. The number of nitrogens with zero attached hydrogens (tertiary/aromatic N) is 1. The van der Waals surface area contributed by atoms with Crippen molar-refractivity contribution < 1.29 is 9.18 Å². The maximum absolute atomic E-state index is 13.1. The minimum atomic E-state index is -0.513. The molecular weight excluding hydrogens is 291 g/mol. The third kappa shape index (κ3) is 3.73. The molecule has 2 rings (SSSR count). The van der Waals surface area contributed by atoms with E-state index in [-0.39, 0.29) is 11.1 Å². The van der Waals surface area contributed by atoms with Crippen LogP contribution in [0.1, 0.15) is 12.5 Å². The molecule has 0 aliphatic carbocycles. The van der Waals surface area contributed by atoms with Crippen molar-refractivity contribution in [2.24, 2.45) is 0 Å². The minimum absolute atomic E-state index is 0.0218. The van der Waals surface area contributed by atoms with Crippen molar-refractivity contribution in [3.63, 3.8) is 0 Å². The Hall–Kier alpha value is -2.07. The fraction of sp³-hybridized carbons (Fsp3) is 0.188. The number of anilines is 2. The second-order valence-electron chi connectivity index (χ2n) is 4.64. The van der Waals surface area contributed by atoms with Crippen LogP contribution in [0.25, 0.3) is 0 Å². The zero-order valence-corrected chi connectivity index (χ0v) is 12.6. The standard InChI is InChI=1S/C16H16ClFN2O/c1-3-20(13-6-4-5-11(2)9-13)16(21)19-12-7-8-15(18)14(17)10-12/h4-10H,3H2,1-2H3,(H,19,21). The minimum Gasteiger partial charge on any atom is -0.307 e. The number of hydrogen-bond donors (Lipinski definition) is 1. The molecule has 0 aliphatic heterocycles. The summed E-state index contributed by atoms with van der Waals surface area (Å²) in [4.78, 5) is 13.9. The Bertz CT molecular complexity index is 660. The Morgan fingerprint density at radius 1 is 1.29 bits per heavy atom. The molecule has 0 saturated carbocycles. The van der Waals surface area contributed by atoms with Crippen LogP contribution < -0.4 is 10.2 Å². The summed E-state index contributed by atoms with van der Waals surface area (Å²) >= 11 is 5.71. The van der Waals surface area contributed by atoms with Crippen molar-refractivity contribution >= 4 is 29.0 Å². The van der Waals surface area contributed by atoms with Crippen LogP contribution >= 0.6 is 11.6 Å². The first kappa shape index (κ1) is 15.3. The smallest absolute Gasteiger partial charge is 0.307 e. The van der Waals surface area contributed by atoms with Crippen LogP contribution in [0.3, 0.4) is 0 Å². The summed E-state index contributed by atoms with van der Waals surface area (Å²) < 4.78 is 13.1. The van der Waals surface area contributed by atoms with E-state index in [1.54, 1.807) is 4.90 Å². The summed E-state index contributed by atoms with van der Waals surface area (Å²) in [5, 5.41) is 2.69. The van der Waals surface area contributed by atoms with Crippen molar-refractivity contribution in [2.75, 3.05) is 16.8 Å². The third-order valence-corrected chi connectivity index (χ3v) is 3.34. The van der Waals surface area contributed by atoms with Gasteiger partial charge in [-0.05, 0) is 49.7 Å². The van der Waals surface area contributed by atoms with Crippen molar-refractivity contribution in [1.82, 2.24) is 0 Å². The summed E-state index contributed by atoms with van der Waals surface area (Å²) in [5.41, 5.74) is 2.34. The first-order chi connectivity index (χ1) is 10.0. The van der Waals surface area contributed by atoms with E-state index in [1.807, 2.05) is 38.1 Å². The number of aryl methyl sites for hydroxylation is 1. The molecule has 0 aromatic heterocycles. The average Bonchev–Trinajstić information content (AvgIpc) is 2.44. The molecule has 21 heavy (non-hydrogen) atoms. The van der Waals surface area contributed by atoms with Gasteiger partial charge in [0.05, 0.1) is 5.02 Å². The van der Waals surface area contributed by atoms with E-state index in [0.717, 1.165) is 11.3 Å². The molecule has 2 aromatic carbocycles. The number of urea groups is 1. The molecule has 5 heteroatoms. The molecule has 0 aliphatic rings. The van der Waals surface area contributed by atoms with Gasteiger partial charge in [0.15, 0.2) is 0 Å². The van der Waals surface area contributed by atoms with E-state index in [9.17, 15) is 9.18 Å². The summed E-state index contributed by atoms with van der Waals surface area (Å²) in [6.45, 7) is 4.37. The summed E-state index contributed by atoms with van der Waals surface area (Å²) in [6, 6.07) is 11.5. The van der Waals surface area contributed by atoms with E-state index >= 15 is 0 Å². The SMILES string of the molecule is CCN(C(=O)Nc1ccc(F)c(Cl)c1)c1cccc(C)c1. The van der Waals surface area contributed by atoms with E-state index < -0.39 is 5.82 Å². The Kier molecular flexibility index (Phi) is 4.81. The number of benzene rings is 2. The largest absolute Gasteiger partial charge is 0.326 e. The molecule has 0 atom stereocenters. The van der Waals surface area contributed by atoms with Crippen LogP contribution in [0.4, 0.5) is 20.6 Å². The predicted octanol–water partition coefficient (Wildman–Crippen LogP) is 4.85. The van der Waals surface area contributed by atoms with Gasteiger partial charge >= 0.3 is 6.03 Å². The molecular formula is C16H16ClFN2O. The first-order valence-corrected chi connectivity index (χ1v) is 6.99. The summed E-state index contributed by atoms with van der Waals surface area (Å²) in [7, 11) is 0. The molecule has 0 heterocycles. The van der Waals surface area contributed by atoms with Crippen LogP contribution in [0.2, 0.25) is 5.02 Å². The quantitative estimate of drug-likeness (QED) is 0.864. The van der Waals surface area contributed by atoms with E-state index in [2.05, 4.69) is 5.32 Å². The van der Waals surface area contributed by atoms with Crippen molar-refractivity contribution in [2.45, 2.75) is 13.8 Å². The fourth-order valence-corrected chi connectivity index (χ4v) is 2.18. The van der Waals surface area contributed by atoms with Gasteiger partial charge in [-0.2, -0.15) is 0 Å². The maximum atomic E-state index is 13.1. The predicted molar refractivity (Wildman–Crippen MR) is 84.6 cm³/mol. The molecule has 0 fully saturated rings. The van der Waals surface area contributed by atoms with Crippen LogP contribution in [0.15, 0.2) is 42.5 Å². The van der Waals surface area contributed by atoms with Gasteiger partial charge < -0.3 is 5.32 Å². The Labute approximate surface area is 128 Å². The fourth-order valence-electron chi connectivity index (χ4n) is 2.00. The Morgan fingerprint density at radius 2 is 2.05 bits per heavy atom. The van der Waals surface area contributed by atoms with Gasteiger partial charge in [0.2, 0.25) is 0 Å².